The summed E-state index contributed by atoms with van der Waals surface area (Å²) >= 11 is 0. The second-order valence-electron chi connectivity index (χ2n) is 5.66. The van der Waals surface area contributed by atoms with Crippen LogP contribution < -0.4 is 5.32 Å². The largest absolute Gasteiger partial charge is 0.466 e. The first-order valence-corrected chi connectivity index (χ1v) is 8.37. The van der Waals surface area contributed by atoms with Crippen LogP contribution in [0.2, 0.25) is 0 Å². The van der Waals surface area contributed by atoms with Gasteiger partial charge in [-0.15, -0.1) is 0 Å². The van der Waals surface area contributed by atoms with Gasteiger partial charge in [0.2, 0.25) is 0 Å². The van der Waals surface area contributed by atoms with E-state index in [1.807, 2.05) is 0 Å². The van der Waals surface area contributed by atoms with Crippen molar-refractivity contribution in [3.63, 3.8) is 0 Å². The van der Waals surface area contributed by atoms with Crippen molar-refractivity contribution in [2.45, 2.75) is 77.2 Å². The van der Waals surface area contributed by atoms with Crippen LogP contribution >= 0.6 is 0 Å². The third kappa shape index (κ3) is 9.13. The summed E-state index contributed by atoms with van der Waals surface area (Å²) in [6.07, 6.45) is 15.3. The first-order chi connectivity index (χ1) is 9.83. The molecule has 116 valence electrons. The number of hydrogen-bond donors (Lipinski definition) is 1. The predicted octanol–water partition coefficient (Wildman–Crippen LogP) is 3.98. The molecule has 3 heteroatoms. The molecule has 1 unspecified atom stereocenters. The van der Waals surface area contributed by atoms with E-state index in [9.17, 15) is 4.79 Å². The number of ether oxygens (including phenoxy) is 1. The van der Waals surface area contributed by atoms with Crippen LogP contribution in [0.3, 0.4) is 0 Å². The van der Waals surface area contributed by atoms with Crippen molar-refractivity contribution < 1.29 is 9.53 Å². The lowest BCUT2D eigenvalue weighted by Crippen LogP contribution is -2.30. The fraction of sp³-hybridized carbons (Fsp3) is 0.824. The van der Waals surface area contributed by atoms with Crippen molar-refractivity contribution in [1.82, 2.24) is 5.32 Å². The van der Waals surface area contributed by atoms with Gasteiger partial charge in [0.15, 0.2) is 0 Å². The monoisotopic (exact) mass is 281 g/mol. The van der Waals surface area contributed by atoms with Crippen LogP contribution in [-0.2, 0) is 9.53 Å². The molecule has 20 heavy (non-hydrogen) atoms. The molecule has 0 aromatic carbocycles. The van der Waals surface area contributed by atoms with Gasteiger partial charge in [0.1, 0.15) is 0 Å². The lowest BCUT2D eigenvalue weighted by molar-refractivity contribution is -0.143. The lowest BCUT2D eigenvalue weighted by atomic mass is 10.0. The van der Waals surface area contributed by atoms with Crippen LogP contribution in [-0.4, -0.2) is 25.2 Å². The molecule has 0 fully saturated rings. The minimum atomic E-state index is -0.0457. The molecule has 1 aliphatic heterocycles. The van der Waals surface area contributed by atoms with Crippen LogP contribution in [0.25, 0.3) is 0 Å². The third-order valence-corrected chi connectivity index (χ3v) is 3.75. The Morgan fingerprint density at radius 2 is 2.00 bits per heavy atom. The van der Waals surface area contributed by atoms with Gasteiger partial charge in [-0.2, -0.15) is 0 Å². The Kier molecular flexibility index (Phi) is 10.3. The topological polar surface area (TPSA) is 38.3 Å². The van der Waals surface area contributed by atoms with Gasteiger partial charge >= 0.3 is 5.97 Å². The molecule has 0 aromatic rings. The number of cyclic esters (lactones) is 1. The zero-order valence-corrected chi connectivity index (χ0v) is 13.0. The molecule has 1 heterocycles. The van der Waals surface area contributed by atoms with Gasteiger partial charge in [0.05, 0.1) is 6.61 Å². The number of rotatable bonds is 2. The molecule has 0 spiro atoms. The highest BCUT2D eigenvalue weighted by Crippen LogP contribution is 2.10. The molecule has 0 radical (unpaired) electrons. The van der Waals surface area contributed by atoms with E-state index in [0.717, 1.165) is 25.8 Å². The van der Waals surface area contributed by atoms with Crippen LogP contribution in [0.1, 0.15) is 71.1 Å². The van der Waals surface area contributed by atoms with Gasteiger partial charge in [0, 0.05) is 12.5 Å². The molecular weight excluding hydrogens is 250 g/mol. The fourth-order valence-electron chi connectivity index (χ4n) is 2.59. The van der Waals surface area contributed by atoms with Crippen LogP contribution in [0, 0.1) is 0 Å². The van der Waals surface area contributed by atoms with Gasteiger partial charge in [-0.05, 0) is 51.5 Å². The minimum Gasteiger partial charge on any atom is -0.466 e. The predicted molar refractivity (Wildman–Crippen MR) is 83.7 cm³/mol. The maximum absolute atomic E-state index is 11.5. The molecule has 0 aliphatic carbocycles. The van der Waals surface area contributed by atoms with Crippen molar-refractivity contribution in [1.29, 1.82) is 0 Å². The standard InChI is InChI=1S/C17H31NO2/c1-2-11-16-12-8-6-4-3-5-7-9-13-17(19)20-15-10-14-18-16/h3,5,16,18H,2,4,6-15H2,1H3/b5-3-. The number of carbonyl (C=O) groups excluding carboxylic acids is 1. The lowest BCUT2D eigenvalue weighted by Gasteiger charge is -2.18. The van der Waals surface area contributed by atoms with Crippen LogP contribution in [0.4, 0.5) is 0 Å². The Morgan fingerprint density at radius 1 is 1.20 bits per heavy atom. The quantitative estimate of drug-likeness (QED) is 0.614. The summed E-state index contributed by atoms with van der Waals surface area (Å²) in [5.74, 6) is -0.0457. The molecule has 1 atom stereocenters. The minimum absolute atomic E-state index is 0.0457. The third-order valence-electron chi connectivity index (χ3n) is 3.75. The van der Waals surface area contributed by atoms with Crippen LogP contribution in [0.5, 0.6) is 0 Å². The zero-order valence-electron chi connectivity index (χ0n) is 13.0. The number of nitrogens with one attached hydrogen (secondary N) is 1. The summed E-state index contributed by atoms with van der Waals surface area (Å²) in [5.41, 5.74) is 0. The van der Waals surface area contributed by atoms with Crippen molar-refractivity contribution in [2.75, 3.05) is 13.2 Å². The average Bonchev–Trinajstić information content (AvgIpc) is 2.43. The maximum Gasteiger partial charge on any atom is 0.305 e. The Bertz CT molecular complexity index is 276. The normalized spacial score (nSPS) is 25.9. The van der Waals surface area contributed by atoms with E-state index in [1.165, 1.54) is 38.5 Å². The molecule has 0 saturated heterocycles. The van der Waals surface area contributed by atoms with Crippen molar-refractivity contribution in [3.05, 3.63) is 12.2 Å². The summed E-state index contributed by atoms with van der Waals surface area (Å²) in [6, 6.07) is 0.632. The van der Waals surface area contributed by atoms with Gasteiger partial charge in [-0.25, -0.2) is 0 Å². The van der Waals surface area contributed by atoms with E-state index >= 15 is 0 Å². The second-order valence-corrected chi connectivity index (χ2v) is 5.66. The maximum atomic E-state index is 11.5. The Hall–Kier alpha value is -0.830. The highest BCUT2D eigenvalue weighted by molar-refractivity contribution is 5.69. The number of carbonyl (C=O) groups is 1. The zero-order chi connectivity index (χ0) is 14.5. The van der Waals surface area contributed by atoms with E-state index < -0.39 is 0 Å². The summed E-state index contributed by atoms with van der Waals surface area (Å²) in [4.78, 5) is 11.5. The second kappa shape index (κ2) is 12.0. The van der Waals surface area contributed by atoms with E-state index in [1.54, 1.807) is 0 Å². The number of esters is 1. The fourth-order valence-corrected chi connectivity index (χ4v) is 2.59. The molecule has 0 amide bonds. The first kappa shape index (κ1) is 17.2. The van der Waals surface area contributed by atoms with Crippen molar-refractivity contribution >= 4 is 5.97 Å². The van der Waals surface area contributed by atoms with Gasteiger partial charge in [-0.1, -0.05) is 31.9 Å². The molecule has 0 aromatic heterocycles. The van der Waals surface area contributed by atoms with Crippen LogP contribution in [0.15, 0.2) is 12.2 Å². The van der Waals surface area contributed by atoms with Gasteiger partial charge in [0.25, 0.3) is 0 Å². The highest BCUT2D eigenvalue weighted by atomic mass is 16.5. The number of allylic oxidation sites excluding steroid dienone is 2. The van der Waals surface area contributed by atoms with E-state index in [4.69, 9.17) is 4.74 Å². The SMILES string of the molecule is CCCC1CCCC/C=C\CCCC(=O)OCCCN1. The molecule has 0 bridgehead atoms. The van der Waals surface area contributed by atoms with Gasteiger partial charge in [-0.3, -0.25) is 4.79 Å². The van der Waals surface area contributed by atoms with Gasteiger partial charge < -0.3 is 10.1 Å². The molecule has 1 aliphatic rings. The molecule has 3 nitrogen and oxygen atoms in total. The first-order valence-electron chi connectivity index (χ1n) is 8.37. The van der Waals surface area contributed by atoms with Crippen molar-refractivity contribution in [3.8, 4) is 0 Å². The van der Waals surface area contributed by atoms with Crippen molar-refractivity contribution in [2.24, 2.45) is 0 Å². The summed E-state index contributed by atoms with van der Waals surface area (Å²) in [5, 5.41) is 3.61. The summed E-state index contributed by atoms with van der Waals surface area (Å²) in [7, 11) is 0. The average molecular weight is 281 g/mol. The summed E-state index contributed by atoms with van der Waals surface area (Å²) in [6.45, 7) is 3.75. The molecule has 1 rings (SSSR count). The molecule has 1 N–H and O–H groups in total. The molecular formula is C17H31NO2. The van der Waals surface area contributed by atoms with E-state index in [2.05, 4.69) is 24.4 Å². The molecule has 0 saturated carbocycles. The van der Waals surface area contributed by atoms with E-state index in [-0.39, 0.29) is 5.97 Å². The smallest absolute Gasteiger partial charge is 0.305 e. The Labute approximate surface area is 124 Å². The summed E-state index contributed by atoms with van der Waals surface area (Å²) < 4.78 is 5.23. The highest BCUT2D eigenvalue weighted by Gasteiger charge is 2.07. The van der Waals surface area contributed by atoms with E-state index in [0.29, 0.717) is 19.1 Å². The number of hydrogen-bond acceptors (Lipinski definition) is 3. The Balaban J connectivity index is 2.34. The Morgan fingerprint density at radius 3 is 2.80 bits per heavy atom.